The van der Waals surface area contributed by atoms with Crippen molar-refractivity contribution in [1.82, 2.24) is 4.90 Å². The van der Waals surface area contributed by atoms with Gasteiger partial charge in [-0.3, -0.25) is 0 Å². The van der Waals surface area contributed by atoms with Gasteiger partial charge in [0.15, 0.2) is 0 Å². The molecule has 0 heterocycles. The standard InChI is InChI=1S/C18H25Cl2NO3/c1-18(2,3)24-17(22)21(14-5-6-14)11-13-9-12(7-8-23-4)10-15(19)16(13)20/h9-10,14H,5-8,11H2,1-4H3. The molecule has 24 heavy (non-hydrogen) atoms. The molecule has 0 unspecified atom stereocenters. The maximum Gasteiger partial charge on any atom is 0.410 e. The first kappa shape index (κ1) is 19.4. The Morgan fingerprint density at radius 2 is 1.96 bits per heavy atom. The highest BCUT2D eigenvalue weighted by Crippen LogP contribution is 2.34. The van der Waals surface area contributed by atoms with Crippen LogP contribution in [-0.4, -0.2) is 36.4 Å². The molecule has 0 saturated heterocycles. The molecule has 1 saturated carbocycles. The zero-order valence-electron chi connectivity index (χ0n) is 14.7. The van der Waals surface area contributed by atoms with E-state index in [1.165, 1.54) is 0 Å². The maximum atomic E-state index is 12.5. The van der Waals surface area contributed by atoms with Gasteiger partial charge in [-0.25, -0.2) is 4.79 Å². The maximum absolute atomic E-state index is 12.5. The highest BCUT2D eigenvalue weighted by Gasteiger charge is 2.35. The van der Waals surface area contributed by atoms with E-state index in [0.717, 1.165) is 30.4 Å². The van der Waals surface area contributed by atoms with Crippen LogP contribution < -0.4 is 0 Å². The molecule has 4 nitrogen and oxygen atoms in total. The Kier molecular flexibility index (Phi) is 6.40. The minimum absolute atomic E-state index is 0.220. The summed E-state index contributed by atoms with van der Waals surface area (Å²) in [6.45, 7) is 6.61. The van der Waals surface area contributed by atoms with Crippen LogP contribution in [0.2, 0.25) is 10.0 Å². The van der Waals surface area contributed by atoms with Gasteiger partial charge in [0.25, 0.3) is 0 Å². The van der Waals surface area contributed by atoms with Gasteiger partial charge in [-0.2, -0.15) is 0 Å². The van der Waals surface area contributed by atoms with Gasteiger partial charge in [0.2, 0.25) is 0 Å². The zero-order valence-corrected chi connectivity index (χ0v) is 16.2. The lowest BCUT2D eigenvalue weighted by molar-refractivity contribution is 0.0216. The van der Waals surface area contributed by atoms with Gasteiger partial charge in [0.05, 0.1) is 23.2 Å². The van der Waals surface area contributed by atoms with Crippen molar-refractivity contribution in [3.05, 3.63) is 33.3 Å². The highest BCUT2D eigenvalue weighted by atomic mass is 35.5. The first-order valence-electron chi connectivity index (χ1n) is 8.16. The summed E-state index contributed by atoms with van der Waals surface area (Å²) in [6, 6.07) is 4.06. The molecule has 1 aromatic rings. The summed E-state index contributed by atoms with van der Waals surface area (Å²) in [7, 11) is 1.66. The van der Waals surface area contributed by atoms with E-state index in [0.29, 0.717) is 23.2 Å². The topological polar surface area (TPSA) is 38.8 Å². The number of hydrogen-bond donors (Lipinski definition) is 0. The number of rotatable bonds is 6. The number of methoxy groups -OCH3 is 1. The van der Waals surface area contributed by atoms with Crippen molar-refractivity contribution >= 4 is 29.3 Å². The van der Waals surface area contributed by atoms with E-state index in [1.807, 2.05) is 32.9 Å². The molecule has 0 N–H and O–H groups in total. The van der Waals surface area contributed by atoms with Gasteiger partial charge in [-0.15, -0.1) is 0 Å². The second kappa shape index (κ2) is 7.94. The number of carbonyl (C=O) groups is 1. The van der Waals surface area contributed by atoms with E-state index < -0.39 is 5.60 Å². The van der Waals surface area contributed by atoms with Crippen molar-refractivity contribution in [2.75, 3.05) is 13.7 Å². The molecule has 0 bridgehead atoms. The van der Waals surface area contributed by atoms with Crippen LogP contribution in [-0.2, 0) is 22.4 Å². The van der Waals surface area contributed by atoms with E-state index in [4.69, 9.17) is 32.7 Å². The fourth-order valence-corrected chi connectivity index (χ4v) is 2.85. The minimum atomic E-state index is -0.522. The molecule has 0 atom stereocenters. The Hall–Kier alpha value is -0.970. The number of carbonyl (C=O) groups excluding carboxylic acids is 1. The number of ether oxygens (including phenoxy) is 2. The molecule has 1 aromatic carbocycles. The molecule has 1 amide bonds. The molecule has 2 rings (SSSR count). The monoisotopic (exact) mass is 373 g/mol. The van der Waals surface area contributed by atoms with E-state index >= 15 is 0 Å². The summed E-state index contributed by atoms with van der Waals surface area (Å²) in [5.74, 6) is 0. The Morgan fingerprint density at radius 3 is 2.50 bits per heavy atom. The molecule has 1 fully saturated rings. The van der Waals surface area contributed by atoms with Gasteiger partial charge in [0, 0.05) is 13.2 Å². The van der Waals surface area contributed by atoms with Crippen LogP contribution in [0.25, 0.3) is 0 Å². The first-order valence-corrected chi connectivity index (χ1v) is 8.92. The lowest BCUT2D eigenvalue weighted by Crippen LogP contribution is -2.37. The SMILES string of the molecule is COCCc1cc(Cl)c(Cl)c(CN(C(=O)OC(C)(C)C)C2CC2)c1. The van der Waals surface area contributed by atoms with Crippen LogP contribution in [0.3, 0.4) is 0 Å². The van der Waals surface area contributed by atoms with Crippen molar-refractivity contribution in [3.8, 4) is 0 Å². The zero-order chi connectivity index (χ0) is 17.9. The fraction of sp³-hybridized carbons (Fsp3) is 0.611. The minimum Gasteiger partial charge on any atom is -0.444 e. The quantitative estimate of drug-likeness (QED) is 0.697. The summed E-state index contributed by atoms with van der Waals surface area (Å²) in [4.78, 5) is 14.3. The van der Waals surface area contributed by atoms with E-state index in [-0.39, 0.29) is 12.1 Å². The molecule has 134 valence electrons. The molecule has 0 radical (unpaired) electrons. The average molecular weight is 374 g/mol. The van der Waals surface area contributed by atoms with Crippen molar-refractivity contribution in [2.24, 2.45) is 0 Å². The van der Waals surface area contributed by atoms with Crippen molar-refractivity contribution in [3.63, 3.8) is 0 Å². The summed E-state index contributed by atoms with van der Waals surface area (Å²) in [5, 5.41) is 0.993. The first-order chi connectivity index (χ1) is 11.2. The van der Waals surface area contributed by atoms with Gasteiger partial charge >= 0.3 is 6.09 Å². The highest BCUT2D eigenvalue weighted by molar-refractivity contribution is 6.42. The van der Waals surface area contributed by atoms with E-state index in [2.05, 4.69) is 0 Å². The number of hydrogen-bond acceptors (Lipinski definition) is 3. The third kappa shape index (κ3) is 5.54. The number of nitrogens with zero attached hydrogens (tertiary/aromatic N) is 1. The van der Waals surface area contributed by atoms with E-state index in [9.17, 15) is 4.79 Å². The van der Waals surface area contributed by atoms with E-state index in [1.54, 1.807) is 12.0 Å². The average Bonchev–Trinajstić information content (AvgIpc) is 3.29. The van der Waals surface area contributed by atoms with Crippen LogP contribution >= 0.6 is 23.2 Å². The van der Waals surface area contributed by atoms with Crippen molar-refractivity contribution in [1.29, 1.82) is 0 Å². The number of benzene rings is 1. The normalized spacial score (nSPS) is 14.6. The van der Waals surface area contributed by atoms with Crippen LogP contribution in [0.4, 0.5) is 4.79 Å². The summed E-state index contributed by atoms with van der Waals surface area (Å²) in [6.07, 6.45) is 2.43. The summed E-state index contributed by atoms with van der Waals surface area (Å²) >= 11 is 12.6. The van der Waals surface area contributed by atoms with Crippen molar-refractivity contribution in [2.45, 2.75) is 58.2 Å². The fourth-order valence-electron chi connectivity index (χ4n) is 2.42. The Balaban J connectivity index is 2.19. The molecule has 0 aliphatic heterocycles. The predicted octanol–water partition coefficient (Wildman–Crippen LogP) is 5.08. The van der Waals surface area contributed by atoms with Crippen molar-refractivity contribution < 1.29 is 14.3 Å². The smallest absolute Gasteiger partial charge is 0.410 e. The van der Waals surface area contributed by atoms with Gasteiger partial charge in [0.1, 0.15) is 5.60 Å². The molecule has 6 heteroatoms. The second-order valence-corrected chi connectivity index (χ2v) is 7.92. The largest absolute Gasteiger partial charge is 0.444 e. The molecule has 1 aliphatic carbocycles. The molecular weight excluding hydrogens is 349 g/mol. The number of amides is 1. The van der Waals surface area contributed by atoms with Crippen LogP contribution in [0.1, 0.15) is 44.7 Å². The summed E-state index contributed by atoms with van der Waals surface area (Å²) in [5.41, 5.74) is 1.36. The van der Waals surface area contributed by atoms with Gasteiger partial charge in [-0.1, -0.05) is 29.3 Å². The Morgan fingerprint density at radius 1 is 1.29 bits per heavy atom. The number of halogens is 2. The molecular formula is C18H25Cl2NO3. The molecule has 0 aromatic heterocycles. The van der Waals surface area contributed by atoms with Gasteiger partial charge < -0.3 is 14.4 Å². The second-order valence-electron chi connectivity index (χ2n) is 7.13. The third-order valence-electron chi connectivity index (χ3n) is 3.71. The Labute approximate surface area is 154 Å². The molecule has 1 aliphatic rings. The van der Waals surface area contributed by atoms with Crippen LogP contribution in [0.5, 0.6) is 0 Å². The summed E-state index contributed by atoms with van der Waals surface area (Å²) < 4.78 is 10.6. The lowest BCUT2D eigenvalue weighted by Gasteiger charge is -2.28. The van der Waals surface area contributed by atoms with Gasteiger partial charge in [-0.05, 0) is 57.2 Å². The lowest BCUT2D eigenvalue weighted by atomic mass is 10.1. The molecule has 0 spiro atoms. The third-order valence-corrected chi connectivity index (χ3v) is 4.56. The van der Waals surface area contributed by atoms with Crippen LogP contribution in [0, 0.1) is 0 Å². The predicted molar refractivity (Wildman–Crippen MR) is 96.8 cm³/mol. The Bertz CT molecular complexity index is 595. The van der Waals surface area contributed by atoms with Crippen LogP contribution in [0.15, 0.2) is 12.1 Å².